The Hall–Kier alpha value is -1.26. The molecule has 1 atom stereocenters. The summed E-state index contributed by atoms with van der Waals surface area (Å²) >= 11 is 0. The molecule has 92 valence electrons. The van der Waals surface area contributed by atoms with E-state index in [0.717, 1.165) is 19.4 Å². The van der Waals surface area contributed by atoms with Gasteiger partial charge in [-0.15, -0.1) is 6.42 Å². The Kier molecular flexibility index (Phi) is 5.80. The maximum absolute atomic E-state index is 5.47. The van der Waals surface area contributed by atoms with Crippen LogP contribution in [0.4, 0.5) is 0 Å². The van der Waals surface area contributed by atoms with E-state index in [4.69, 9.17) is 6.42 Å². The Labute approximate surface area is 106 Å². The van der Waals surface area contributed by atoms with Gasteiger partial charge in [0.25, 0.3) is 0 Å². The van der Waals surface area contributed by atoms with Gasteiger partial charge in [0.05, 0.1) is 6.04 Å². The van der Waals surface area contributed by atoms with Crippen molar-refractivity contribution in [3.05, 3.63) is 35.4 Å². The molecular formula is C16H23N. The van der Waals surface area contributed by atoms with Crippen LogP contribution in [0.15, 0.2) is 24.3 Å². The summed E-state index contributed by atoms with van der Waals surface area (Å²) in [5, 5.41) is 3.40. The van der Waals surface area contributed by atoms with Crippen molar-refractivity contribution in [3.8, 4) is 12.3 Å². The van der Waals surface area contributed by atoms with Gasteiger partial charge in [0, 0.05) is 6.54 Å². The molecule has 1 aromatic rings. The van der Waals surface area contributed by atoms with E-state index in [1.54, 1.807) is 0 Å². The van der Waals surface area contributed by atoms with Gasteiger partial charge in [-0.3, -0.25) is 5.32 Å². The lowest BCUT2D eigenvalue weighted by Gasteiger charge is -2.12. The highest BCUT2D eigenvalue weighted by atomic mass is 14.9. The number of benzene rings is 1. The summed E-state index contributed by atoms with van der Waals surface area (Å²) in [6.45, 7) is 7.43. The molecule has 0 bridgehead atoms. The number of hydrogen-bond donors (Lipinski definition) is 1. The number of nitrogens with one attached hydrogen (secondary N) is 1. The zero-order chi connectivity index (χ0) is 12.7. The first kappa shape index (κ1) is 13.8. The largest absolute Gasteiger partial charge is 0.300 e. The summed E-state index contributed by atoms with van der Waals surface area (Å²) in [4.78, 5) is 0. The molecule has 0 spiro atoms. The summed E-state index contributed by atoms with van der Waals surface area (Å²) in [5.74, 6) is 3.38. The van der Waals surface area contributed by atoms with Crippen LogP contribution in [0.1, 0.15) is 50.7 Å². The molecule has 1 rings (SSSR count). The van der Waals surface area contributed by atoms with E-state index >= 15 is 0 Å². The van der Waals surface area contributed by atoms with E-state index in [-0.39, 0.29) is 6.04 Å². The van der Waals surface area contributed by atoms with E-state index in [9.17, 15) is 0 Å². The molecule has 0 fully saturated rings. The molecule has 0 heterocycles. The van der Waals surface area contributed by atoms with Crippen LogP contribution in [0.2, 0.25) is 0 Å². The zero-order valence-electron chi connectivity index (χ0n) is 11.2. The Morgan fingerprint density at radius 3 is 2.35 bits per heavy atom. The van der Waals surface area contributed by atoms with Crippen LogP contribution in [0.25, 0.3) is 0 Å². The van der Waals surface area contributed by atoms with Gasteiger partial charge in [-0.2, -0.15) is 0 Å². The third-order valence-electron chi connectivity index (χ3n) is 2.98. The molecule has 17 heavy (non-hydrogen) atoms. The fourth-order valence-corrected chi connectivity index (χ4v) is 1.79. The molecule has 0 radical (unpaired) electrons. The molecular weight excluding hydrogens is 206 g/mol. The smallest absolute Gasteiger partial charge is 0.0689 e. The maximum atomic E-state index is 5.47. The summed E-state index contributed by atoms with van der Waals surface area (Å²) in [6.07, 6.45) is 7.64. The van der Waals surface area contributed by atoms with E-state index in [0.29, 0.717) is 5.92 Å². The molecule has 1 aromatic carbocycles. The molecule has 1 unspecified atom stereocenters. The van der Waals surface area contributed by atoms with E-state index in [1.165, 1.54) is 11.1 Å². The molecule has 0 aliphatic carbocycles. The number of hydrogen-bond acceptors (Lipinski definition) is 1. The van der Waals surface area contributed by atoms with Crippen molar-refractivity contribution >= 4 is 0 Å². The second-order valence-corrected chi connectivity index (χ2v) is 4.79. The highest BCUT2D eigenvalue weighted by molar-refractivity contribution is 5.24. The van der Waals surface area contributed by atoms with Crippen molar-refractivity contribution in [2.24, 2.45) is 0 Å². The topological polar surface area (TPSA) is 12.0 Å². The summed E-state index contributed by atoms with van der Waals surface area (Å²) in [6, 6.07) is 8.97. The Bertz CT molecular complexity index is 356. The lowest BCUT2D eigenvalue weighted by atomic mass is 10.0. The standard InChI is InChI=1S/C16H23N/c1-5-7-16(6-2)17-12-14-8-10-15(11-9-14)13(3)4/h2,8-11,13,16-17H,5,7,12H2,1,3-4H3. The van der Waals surface area contributed by atoms with Crippen LogP contribution >= 0.6 is 0 Å². The van der Waals surface area contributed by atoms with Crippen molar-refractivity contribution < 1.29 is 0 Å². The quantitative estimate of drug-likeness (QED) is 0.733. The van der Waals surface area contributed by atoms with E-state index in [2.05, 4.69) is 56.3 Å². The third kappa shape index (κ3) is 4.63. The minimum Gasteiger partial charge on any atom is -0.300 e. The van der Waals surface area contributed by atoms with Gasteiger partial charge in [-0.25, -0.2) is 0 Å². The van der Waals surface area contributed by atoms with Crippen LogP contribution < -0.4 is 5.32 Å². The molecule has 1 N–H and O–H groups in total. The van der Waals surface area contributed by atoms with Crippen molar-refractivity contribution in [1.29, 1.82) is 0 Å². The Balaban J connectivity index is 2.49. The average Bonchev–Trinajstić information content (AvgIpc) is 2.35. The maximum Gasteiger partial charge on any atom is 0.0689 e. The van der Waals surface area contributed by atoms with Gasteiger partial charge in [-0.05, 0) is 23.5 Å². The SMILES string of the molecule is C#CC(CCC)NCc1ccc(C(C)C)cc1. The van der Waals surface area contributed by atoms with Gasteiger partial charge >= 0.3 is 0 Å². The minimum absolute atomic E-state index is 0.199. The van der Waals surface area contributed by atoms with Gasteiger partial charge in [0.15, 0.2) is 0 Å². The molecule has 0 saturated heterocycles. The zero-order valence-corrected chi connectivity index (χ0v) is 11.2. The number of rotatable bonds is 6. The summed E-state index contributed by atoms with van der Waals surface area (Å²) < 4.78 is 0. The number of terminal acetylenes is 1. The second-order valence-electron chi connectivity index (χ2n) is 4.79. The summed E-state index contributed by atoms with van der Waals surface area (Å²) in [7, 11) is 0. The van der Waals surface area contributed by atoms with Gasteiger partial charge in [-0.1, -0.05) is 57.4 Å². The molecule has 1 nitrogen and oxygen atoms in total. The first-order valence-electron chi connectivity index (χ1n) is 6.45. The van der Waals surface area contributed by atoms with E-state index < -0.39 is 0 Å². The summed E-state index contributed by atoms with van der Waals surface area (Å²) in [5.41, 5.74) is 2.68. The highest BCUT2D eigenvalue weighted by Crippen LogP contribution is 2.14. The fraction of sp³-hybridized carbons (Fsp3) is 0.500. The molecule has 0 aliphatic rings. The second kappa shape index (κ2) is 7.14. The van der Waals surface area contributed by atoms with Gasteiger partial charge in [0.2, 0.25) is 0 Å². The molecule has 0 aromatic heterocycles. The third-order valence-corrected chi connectivity index (χ3v) is 2.98. The van der Waals surface area contributed by atoms with Crippen LogP contribution in [0.5, 0.6) is 0 Å². The highest BCUT2D eigenvalue weighted by Gasteiger charge is 2.03. The minimum atomic E-state index is 0.199. The van der Waals surface area contributed by atoms with Crippen LogP contribution in [-0.4, -0.2) is 6.04 Å². The lowest BCUT2D eigenvalue weighted by Crippen LogP contribution is -2.26. The van der Waals surface area contributed by atoms with Crippen molar-refractivity contribution in [3.63, 3.8) is 0 Å². The van der Waals surface area contributed by atoms with E-state index in [1.807, 2.05) is 0 Å². The molecule has 0 aliphatic heterocycles. The first-order chi connectivity index (χ1) is 8.17. The average molecular weight is 229 g/mol. The van der Waals surface area contributed by atoms with Crippen LogP contribution in [0.3, 0.4) is 0 Å². The first-order valence-corrected chi connectivity index (χ1v) is 6.45. The predicted molar refractivity (Wildman–Crippen MR) is 74.9 cm³/mol. The van der Waals surface area contributed by atoms with Crippen LogP contribution in [0, 0.1) is 12.3 Å². The predicted octanol–water partition coefficient (Wildman–Crippen LogP) is 3.70. The lowest BCUT2D eigenvalue weighted by molar-refractivity contribution is 0.563. The van der Waals surface area contributed by atoms with Crippen molar-refractivity contribution in [2.75, 3.05) is 0 Å². The Morgan fingerprint density at radius 2 is 1.88 bits per heavy atom. The van der Waals surface area contributed by atoms with Gasteiger partial charge < -0.3 is 0 Å². The molecule has 0 saturated carbocycles. The van der Waals surface area contributed by atoms with Crippen molar-refractivity contribution in [2.45, 2.75) is 52.1 Å². The van der Waals surface area contributed by atoms with Crippen LogP contribution in [-0.2, 0) is 6.54 Å². The van der Waals surface area contributed by atoms with Crippen molar-refractivity contribution in [1.82, 2.24) is 5.32 Å². The molecule has 1 heteroatoms. The fourth-order valence-electron chi connectivity index (χ4n) is 1.79. The van der Waals surface area contributed by atoms with Gasteiger partial charge in [0.1, 0.15) is 0 Å². The Morgan fingerprint density at radius 1 is 1.24 bits per heavy atom. The monoisotopic (exact) mass is 229 g/mol. The molecule has 0 amide bonds. The normalized spacial score (nSPS) is 12.4.